The first kappa shape index (κ1) is 16.8. The summed E-state index contributed by atoms with van der Waals surface area (Å²) in [5.41, 5.74) is 0. The van der Waals surface area contributed by atoms with Gasteiger partial charge in [0.05, 0.1) is 11.5 Å². The highest BCUT2D eigenvalue weighted by Gasteiger charge is 2.29. The molecular formula is C15H20N2O4S. The van der Waals surface area contributed by atoms with Crippen LogP contribution in [0, 0.1) is 5.92 Å². The maximum absolute atomic E-state index is 12.4. The molecule has 0 bridgehead atoms. The van der Waals surface area contributed by atoms with Gasteiger partial charge < -0.3 is 10.1 Å². The number of hydrogen-bond acceptors (Lipinski definition) is 5. The van der Waals surface area contributed by atoms with E-state index in [2.05, 4.69) is 16.7 Å². The van der Waals surface area contributed by atoms with E-state index in [9.17, 15) is 14.4 Å². The summed E-state index contributed by atoms with van der Waals surface area (Å²) in [6, 6.07) is -0.649. The third-order valence-electron chi connectivity index (χ3n) is 3.53. The number of rotatable bonds is 5. The lowest BCUT2D eigenvalue weighted by Gasteiger charge is -2.24. The van der Waals surface area contributed by atoms with Crippen LogP contribution < -0.4 is 10.6 Å². The number of ether oxygens (including phenoxy) is 1. The number of methoxy groups -OCH3 is 1. The van der Waals surface area contributed by atoms with Crippen LogP contribution in [0.4, 0.5) is 0 Å². The van der Waals surface area contributed by atoms with E-state index in [1.807, 2.05) is 13.0 Å². The Morgan fingerprint density at radius 1 is 1.45 bits per heavy atom. The highest BCUT2D eigenvalue weighted by molar-refractivity contribution is 8.07. The van der Waals surface area contributed by atoms with Crippen molar-refractivity contribution in [3.05, 3.63) is 22.0 Å². The molecule has 1 fully saturated rings. The van der Waals surface area contributed by atoms with Crippen LogP contribution in [0.25, 0.3) is 0 Å². The van der Waals surface area contributed by atoms with Crippen LogP contribution in [-0.2, 0) is 19.1 Å². The number of imide groups is 1. The molecule has 6 nitrogen and oxygen atoms in total. The number of piperidine rings is 1. The molecule has 7 heteroatoms. The Hall–Kier alpha value is -1.60. The molecule has 0 aromatic heterocycles. The zero-order valence-corrected chi connectivity index (χ0v) is 13.5. The monoisotopic (exact) mass is 324 g/mol. The van der Waals surface area contributed by atoms with Gasteiger partial charge in [-0.05, 0) is 18.8 Å². The summed E-state index contributed by atoms with van der Waals surface area (Å²) >= 11 is 1.36. The zero-order valence-electron chi connectivity index (χ0n) is 12.7. The Morgan fingerprint density at radius 3 is 2.86 bits per heavy atom. The number of carbonyl (C=O) groups is 3. The summed E-state index contributed by atoms with van der Waals surface area (Å²) in [5, 5.41) is 4.94. The molecule has 0 aromatic rings. The van der Waals surface area contributed by atoms with Gasteiger partial charge in [-0.1, -0.05) is 30.8 Å². The normalized spacial score (nSPS) is 25.2. The standard InChI is InChI=1S/C15H20N2O4S/c1-3-9-6-10(8-21-2)22-12(7-9)15(20)16-11-4-5-13(18)17-14(11)19/h6-7,9,11H,3-5,8H2,1-2H3,(H,16,20)(H,17,18,19). The van der Waals surface area contributed by atoms with Gasteiger partial charge in [0.1, 0.15) is 6.04 Å². The van der Waals surface area contributed by atoms with Gasteiger partial charge in [-0.15, -0.1) is 0 Å². The fourth-order valence-electron chi connectivity index (χ4n) is 2.33. The molecule has 0 aliphatic carbocycles. The van der Waals surface area contributed by atoms with Crippen molar-refractivity contribution in [2.75, 3.05) is 13.7 Å². The average Bonchev–Trinajstić information content (AvgIpc) is 2.50. The molecule has 120 valence electrons. The van der Waals surface area contributed by atoms with Crippen LogP contribution >= 0.6 is 11.8 Å². The maximum Gasteiger partial charge on any atom is 0.258 e. The first-order valence-corrected chi connectivity index (χ1v) is 8.09. The molecule has 2 N–H and O–H groups in total. The number of allylic oxidation sites excluding steroid dienone is 2. The molecule has 1 saturated heterocycles. The van der Waals surface area contributed by atoms with Gasteiger partial charge in [0.25, 0.3) is 5.91 Å². The second kappa shape index (κ2) is 7.60. The molecule has 22 heavy (non-hydrogen) atoms. The van der Waals surface area contributed by atoms with Crippen molar-refractivity contribution in [2.45, 2.75) is 32.2 Å². The third kappa shape index (κ3) is 4.20. The second-order valence-electron chi connectivity index (χ2n) is 5.25. The van der Waals surface area contributed by atoms with E-state index in [0.29, 0.717) is 17.9 Å². The predicted octanol–water partition coefficient (Wildman–Crippen LogP) is 1.09. The molecular weight excluding hydrogens is 304 g/mol. The van der Waals surface area contributed by atoms with Crippen molar-refractivity contribution >= 4 is 29.5 Å². The first-order valence-electron chi connectivity index (χ1n) is 7.27. The fourth-order valence-corrected chi connectivity index (χ4v) is 3.43. The molecule has 2 heterocycles. The van der Waals surface area contributed by atoms with Gasteiger partial charge in [-0.2, -0.15) is 0 Å². The Labute approximate surface area is 133 Å². The third-order valence-corrected chi connectivity index (χ3v) is 4.59. The van der Waals surface area contributed by atoms with Crippen LogP contribution in [0.15, 0.2) is 22.0 Å². The summed E-state index contributed by atoms with van der Waals surface area (Å²) < 4.78 is 5.13. The molecule has 2 aliphatic rings. The zero-order chi connectivity index (χ0) is 16.1. The maximum atomic E-state index is 12.4. The average molecular weight is 324 g/mol. The second-order valence-corrected chi connectivity index (χ2v) is 6.42. The number of amides is 3. The number of hydrogen-bond donors (Lipinski definition) is 2. The van der Waals surface area contributed by atoms with E-state index in [4.69, 9.17) is 4.74 Å². The molecule has 0 saturated carbocycles. The molecule has 0 spiro atoms. The van der Waals surface area contributed by atoms with Crippen molar-refractivity contribution in [3.63, 3.8) is 0 Å². The Morgan fingerprint density at radius 2 is 2.23 bits per heavy atom. The molecule has 3 amide bonds. The van der Waals surface area contributed by atoms with E-state index in [1.54, 1.807) is 7.11 Å². The minimum absolute atomic E-state index is 0.189. The van der Waals surface area contributed by atoms with Crippen molar-refractivity contribution in [1.82, 2.24) is 10.6 Å². The molecule has 0 radical (unpaired) electrons. The Bertz CT molecular complexity index is 542. The van der Waals surface area contributed by atoms with E-state index < -0.39 is 11.9 Å². The van der Waals surface area contributed by atoms with Crippen LogP contribution in [0.2, 0.25) is 0 Å². The quantitative estimate of drug-likeness (QED) is 0.740. The van der Waals surface area contributed by atoms with E-state index in [-0.39, 0.29) is 24.2 Å². The topological polar surface area (TPSA) is 84.5 Å². The predicted molar refractivity (Wildman–Crippen MR) is 83.7 cm³/mol. The first-order chi connectivity index (χ1) is 10.5. The van der Waals surface area contributed by atoms with Crippen molar-refractivity contribution in [3.8, 4) is 0 Å². The fraction of sp³-hybridized carbons (Fsp3) is 0.533. The SMILES string of the molecule is CCC1C=C(COC)SC(C(=O)NC2CCC(=O)NC2=O)=C1. The largest absolute Gasteiger partial charge is 0.379 e. The van der Waals surface area contributed by atoms with Crippen LogP contribution in [0.3, 0.4) is 0 Å². The molecule has 2 atom stereocenters. The summed E-state index contributed by atoms with van der Waals surface area (Å²) in [6.45, 7) is 2.51. The summed E-state index contributed by atoms with van der Waals surface area (Å²) in [6.07, 6.45) is 5.48. The Balaban J connectivity index is 2.01. The van der Waals surface area contributed by atoms with Gasteiger partial charge >= 0.3 is 0 Å². The summed E-state index contributed by atoms with van der Waals surface area (Å²) in [7, 11) is 1.61. The highest BCUT2D eigenvalue weighted by atomic mass is 32.2. The van der Waals surface area contributed by atoms with Gasteiger partial charge in [0.15, 0.2) is 0 Å². The summed E-state index contributed by atoms with van der Waals surface area (Å²) in [4.78, 5) is 36.8. The van der Waals surface area contributed by atoms with Gasteiger partial charge in [0.2, 0.25) is 11.8 Å². The van der Waals surface area contributed by atoms with Gasteiger partial charge in [-0.3, -0.25) is 19.7 Å². The van der Waals surface area contributed by atoms with E-state index in [1.165, 1.54) is 11.8 Å². The highest BCUT2D eigenvalue weighted by Crippen LogP contribution is 2.34. The number of carbonyl (C=O) groups excluding carboxylic acids is 3. The minimum atomic E-state index is -0.649. The van der Waals surface area contributed by atoms with Gasteiger partial charge in [0, 0.05) is 18.4 Å². The molecule has 2 unspecified atom stereocenters. The van der Waals surface area contributed by atoms with Gasteiger partial charge in [-0.25, -0.2) is 0 Å². The van der Waals surface area contributed by atoms with Crippen LogP contribution in [0.1, 0.15) is 26.2 Å². The Kier molecular flexibility index (Phi) is 5.79. The molecule has 2 aliphatic heterocycles. The van der Waals surface area contributed by atoms with Crippen LogP contribution in [-0.4, -0.2) is 37.5 Å². The lowest BCUT2D eigenvalue weighted by Crippen LogP contribution is -2.52. The smallest absolute Gasteiger partial charge is 0.258 e. The molecule has 2 rings (SSSR count). The van der Waals surface area contributed by atoms with Crippen molar-refractivity contribution in [1.29, 1.82) is 0 Å². The summed E-state index contributed by atoms with van der Waals surface area (Å²) in [5.74, 6) is -0.822. The lowest BCUT2D eigenvalue weighted by molar-refractivity contribution is -0.136. The number of thioether (sulfide) groups is 1. The van der Waals surface area contributed by atoms with Crippen molar-refractivity contribution in [2.24, 2.45) is 5.92 Å². The number of nitrogens with one attached hydrogen (secondary N) is 2. The van der Waals surface area contributed by atoms with Crippen LogP contribution in [0.5, 0.6) is 0 Å². The van der Waals surface area contributed by atoms with E-state index >= 15 is 0 Å². The lowest BCUT2D eigenvalue weighted by atomic mass is 10.0. The van der Waals surface area contributed by atoms with Crippen molar-refractivity contribution < 1.29 is 19.1 Å². The molecule has 0 aromatic carbocycles. The van der Waals surface area contributed by atoms with E-state index in [0.717, 1.165) is 11.3 Å². The minimum Gasteiger partial charge on any atom is -0.379 e.